The molecule has 0 saturated heterocycles. The molecule has 0 aromatic heterocycles. The molecule has 80 valence electrons. The molecular formula is C10H23NO2. The van der Waals surface area contributed by atoms with Gasteiger partial charge in [-0.15, -0.1) is 0 Å². The molecule has 0 fully saturated rings. The van der Waals surface area contributed by atoms with Crippen LogP contribution in [0.25, 0.3) is 0 Å². The van der Waals surface area contributed by atoms with Crippen LogP contribution in [0.3, 0.4) is 0 Å². The minimum Gasteiger partial charge on any atom is -0.394 e. The topological polar surface area (TPSA) is 41.5 Å². The summed E-state index contributed by atoms with van der Waals surface area (Å²) in [6, 6.07) is 0.289. The van der Waals surface area contributed by atoms with Gasteiger partial charge in [0.25, 0.3) is 0 Å². The summed E-state index contributed by atoms with van der Waals surface area (Å²) in [6.45, 7) is 7.12. The fraction of sp³-hybridized carbons (Fsp3) is 1.00. The summed E-state index contributed by atoms with van der Waals surface area (Å²) in [5, 5.41) is 12.7. The molecule has 0 rings (SSSR count). The number of methoxy groups -OCH3 is 1. The lowest BCUT2D eigenvalue weighted by atomic mass is 9.93. The van der Waals surface area contributed by atoms with Crippen molar-refractivity contribution in [2.24, 2.45) is 0 Å². The fourth-order valence-corrected chi connectivity index (χ4v) is 1.54. The molecule has 1 unspecified atom stereocenters. The van der Waals surface area contributed by atoms with Crippen LogP contribution < -0.4 is 5.32 Å². The molecule has 13 heavy (non-hydrogen) atoms. The van der Waals surface area contributed by atoms with Crippen LogP contribution in [0.4, 0.5) is 0 Å². The van der Waals surface area contributed by atoms with Gasteiger partial charge in [0.05, 0.1) is 13.2 Å². The predicted molar refractivity (Wildman–Crippen MR) is 54.9 cm³/mol. The Morgan fingerprint density at radius 1 is 1.38 bits per heavy atom. The van der Waals surface area contributed by atoms with Crippen LogP contribution in [-0.2, 0) is 4.74 Å². The first-order valence-electron chi connectivity index (χ1n) is 5.01. The van der Waals surface area contributed by atoms with Gasteiger partial charge in [-0.1, -0.05) is 13.8 Å². The lowest BCUT2D eigenvalue weighted by Gasteiger charge is -2.34. The van der Waals surface area contributed by atoms with E-state index in [1.54, 1.807) is 7.11 Å². The van der Waals surface area contributed by atoms with Gasteiger partial charge in [0, 0.05) is 18.7 Å². The third-order valence-electron chi connectivity index (χ3n) is 2.63. The second kappa shape index (κ2) is 6.35. The molecular weight excluding hydrogens is 166 g/mol. The highest BCUT2D eigenvalue weighted by Crippen LogP contribution is 2.14. The molecule has 3 nitrogen and oxygen atoms in total. The maximum absolute atomic E-state index is 9.29. The van der Waals surface area contributed by atoms with Crippen molar-refractivity contribution in [2.75, 3.05) is 20.3 Å². The van der Waals surface area contributed by atoms with Gasteiger partial charge in [0.1, 0.15) is 0 Å². The van der Waals surface area contributed by atoms with Crippen LogP contribution >= 0.6 is 0 Å². The van der Waals surface area contributed by atoms with E-state index in [1.165, 1.54) is 0 Å². The minimum atomic E-state index is -0.127. The van der Waals surface area contributed by atoms with Crippen molar-refractivity contribution >= 4 is 0 Å². The number of aliphatic hydroxyl groups excluding tert-OH is 1. The van der Waals surface area contributed by atoms with Crippen molar-refractivity contribution in [1.82, 2.24) is 5.32 Å². The molecule has 0 aliphatic rings. The summed E-state index contributed by atoms with van der Waals surface area (Å²) < 4.78 is 5.04. The molecule has 0 spiro atoms. The van der Waals surface area contributed by atoms with Crippen molar-refractivity contribution < 1.29 is 9.84 Å². The molecule has 0 radical (unpaired) electrons. The van der Waals surface area contributed by atoms with Gasteiger partial charge in [-0.3, -0.25) is 0 Å². The molecule has 0 aromatic rings. The first-order chi connectivity index (χ1) is 6.14. The summed E-state index contributed by atoms with van der Waals surface area (Å²) in [5.41, 5.74) is -0.127. The standard InChI is InChI=1S/C10H23NO2/c1-5-10(6-2,8-12)11-9(3)7-13-4/h9,11-12H,5-8H2,1-4H3. The minimum absolute atomic E-state index is 0.127. The third-order valence-corrected chi connectivity index (χ3v) is 2.63. The van der Waals surface area contributed by atoms with Gasteiger partial charge >= 0.3 is 0 Å². The Labute approximate surface area is 81.5 Å². The Hall–Kier alpha value is -0.120. The average molecular weight is 189 g/mol. The molecule has 0 bridgehead atoms. The van der Waals surface area contributed by atoms with Crippen LogP contribution in [0, 0.1) is 0 Å². The highest BCUT2D eigenvalue weighted by atomic mass is 16.5. The van der Waals surface area contributed by atoms with E-state index >= 15 is 0 Å². The van der Waals surface area contributed by atoms with E-state index in [1.807, 2.05) is 0 Å². The molecule has 1 atom stereocenters. The predicted octanol–water partition coefficient (Wildman–Crippen LogP) is 1.16. The molecule has 2 N–H and O–H groups in total. The first kappa shape index (κ1) is 12.9. The van der Waals surface area contributed by atoms with Gasteiger partial charge in [-0.05, 0) is 19.8 Å². The Bertz CT molecular complexity index is 116. The molecule has 3 heteroatoms. The third kappa shape index (κ3) is 4.07. The Kier molecular flexibility index (Phi) is 6.29. The van der Waals surface area contributed by atoms with E-state index in [0.29, 0.717) is 6.61 Å². The maximum atomic E-state index is 9.29. The number of hydrogen-bond acceptors (Lipinski definition) is 3. The van der Waals surface area contributed by atoms with Gasteiger partial charge in [0.2, 0.25) is 0 Å². The lowest BCUT2D eigenvalue weighted by molar-refractivity contribution is 0.107. The van der Waals surface area contributed by atoms with E-state index in [2.05, 4.69) is 26.1 Å². The summed E-state index contributed by atoms with van der Waals surface area (Å²) >= 11 is 0. The second-order valence-electron chi connectivity index (χ2n) is 3.65. The van der Waals surface area contributed by atoms with Crippen molar-refractivity contribution in [3.63, 3.8) is 0 Å². The van der Waals surface area contributed by atoms with Crippen LogP contribution in [-0.4, -0.2) is 37.0 Å². The van der Waals surface area contributed by atoms with Gasteiger partial charge in [0.15, 0.2) is 0 Å². The quantitative estimate of drug-likeness (QED) is 0.631. The van der Waals surface area contributed by atoms with Crippen molar-refractivity contribution in [1.29, 1.82) is 0 Å². The lowest BCUT2D eigenvalue weighted by Crippen LogP contribution is -2.52. The maximum Gasteiger partial charge on any atom is 0.0613 e. The molecule has 0 amide bonds. The summed E-state index contributed by atoms with van der Waals surface area (Å²) in [6.07, 6.45) is 1.88. The van der Waals surface area contributed by atoms with E-state index in [4.69, 9.17) is 4.74 Å². The summed E-state index contributed by atoms with van der Waals surface area (Å²) in [5.74, 6) is 0. The highest BCUT2D eigenvalue weighted by Gasteiger charge is 2.26. The van der Waals surface area contributed by atoms with Crippen LogP contribution in [0.15, 0.2) is 0 Å². The van der Waals surface area contributed by atoms with Crippen LogP contribution in [0.2, 0.25) is 0 Å². The molecule has 0 heterocycles. The fourth-order valence-electron chi connectivity index (χ4n) is 1.54. The van der Waals surface area contributed by atoms with Crippen molar-refractivity contribution in [3.05, 3.63) is 0 Å². The molecule has 0 aliphatic carbocycles. The summed E-state index contributed by atoms with van der Waals surface area (Å²) in [4.78, 5) is 0. The Morgan fingerprint density at radius 3 is 2.23 bits per heavy atom. The second-order valence-corrected chi connectivity index (χ2v) is 3.65. The van der Waals surface area contributed by atoms with E-state index < -0.39 is 0 Å². The van der Waals surface area contributed by atoms with Gasteiger partial charge in [-0.2, -0.15) is 0 Å². The smallest absolute Gasteiger partial charge is 0.0613 e. The largest absolute Gasteiger partial charge is 0.394 e. The molecule has 0 saturated carbocycles. The normalized spacial score (nSPS) is 14.5. The molecule has 0 aromatic carbocycles. The van der Waals surface area contributed by atoms with Crippen molar-refractivity contribution in [3.8, 4) is 0 Å². The Morgan fingerprint density at radius 2 is 1.92 bits per heavy atom. The van der Waals surface area contributed by atoms with Crippen molar-refractivity contribution in [2.45, 2.75) is 45.2 Å². The zero-order valence-electron chi connectivity index (χ0n) is 9.26. The first-order valence-corrected chi connectivity index (χ1v) is 5.01. The highest BCUT2D eigenvalue weighted by molar-refractivity contribution is 4.86. The zero-order valence-corrected chi connectivity index (χ0v) is 9.26. The van der Waals surface area contributed by atoms with E-state index in [0.717, 1.165) is 12.8 Å². The van der Waals surface area contributed by atoms with E-state index in [-0.39, 0.29) is 18.2 Å². The number of nitrogens with one attached hydrogen (secondary N) is 1. The summed E-state index contributed by atoms with van der Waals surface area (Å²) in [7, 11) is 1.69. The Balaban J connectivity index is 4.07. The van der Waals surface area contributed by atoms with Crippen LogP contribution in [0.1, 0.15) is 33.6 Å². The number of hydrogen-bond donors (Lipinski definition) is 2. The van der Waals surface area contributed by atoms with Gasteiger partial charge < -0.3 is 15.2 Å². The molecule has 0 aliphatic heterocycles. The van der Waals surface area contributed by atoms with E-state index in [9.17, 15) is 5.11 Å². The monoisotopic (exact) mass is 189 g/mol. The zero-order chi connectivity index (χ0) is 10.3. The number of aliphatic hydroxyl groups is 1. The number of rotatable bonds is 7. The number of ether oxygens (including phenoxy) is 1. The SMILES string of the molecule is CCC(CC)(CO)NC(C)COC. The van der Waals surface area contributed by atoms with Crippen LogP contribution in [0.5, 0.6) is 0 Å². The average Bonchev–Trinajstić information content (AvgIpc) is 2.15. The van der Waals surface area contributed by atoms with Gasteiger partial charge in [-0.25, -0.2) is 0 Å².